The number of carbonyl (C=O) groups excluding carboxylic acids is 3. The number of hydrogen-bond donors (Lipinski definition) is 2. The van der Waals surface area contributed by atoms with Gasteiger partial charge in [0.25, 0.3) is 5.91 Å². The molecule has 0 aromatic heterocycles. The summed E-state index contributed by atoms with van der Waals surface area (Å²) in [5.41, 5.74) is -0.416. The van der Waals surface area contributed by atoms with E-state index in [1.165, 1.54) is 9.80 Å². The number of urea groups is 1. The Balaban J connectivity index is 1.55. The second-order valence-corrected chi connectivity index (χ2v) is 9.80. The molecule has 0 unspecified atom stereocenters. The number of hydrogen-bond acceptors (Lipinski definition) is 4. The lowest BCUT2D eigenvalue weighted by Gasteiger charge is -2.42. The van der Waals surface area contributed by atoms with Crippen LogP contribution in [-0.4, -0.2) is 54.7 Å². The van der Waals surface area contributed by atoms with Gasteiger partial charge in [-0.15, -0.1) is 0 Å². The Morgan fingerprint density at radius 2 is 1.79 bits per heavy atom. The molecule has 29 heavy (non-hydrogen) atoms. The predicted octanol–water partition coefficient (Wildman–Crippen LogP) is 1.72. The Hall–Kier alpha value is -1.63. The molecular formula is C22H38N3O4+. The van der Waals surface area contributed by atoms with Gasteiger partial charge < -0.3 is 15.0 Å². The van der Waals surface area contributed by atoms with E-state index in [0.29, 0.717) is 19.2 Å². The number of nitrogens with one attached hydrogen (secondary N) is 2. The van der Waals surface area contributed by atoms with Crippen LogP contribution in [0, 0.1) is 17.3 Å². The van der Waals surface area contributed by atoms with Gasteiger partial charge in [-0.1, -0.05) is 27.2 Å². The molecule has 3 aliphatic rings. The van der Waals surface area contributed by atoms with Gasteiger partial charge in [-0.25, -0.2) is 9.69 Å². The zero-order chi connectivity index (χ0) is 21.2. The van der Waals surface area contributed by atoms with Crippen LogP contribution in [0.2, 0.25) is 0 Å². The summed E-state index contributed by atoms with van der Waals surface area (Å²) in [6.45, 7) is 11.0. The molecule has 7 heteroatoms. The third-order valence-corrected chi connectivity index (χ3v) is 7.80. The van der Waals surface area contributed by atoms with Gasteiger partial charge in [0.2, 0.25) is 0 Å². The lowest BCUT2D eigenvalue weighted by Crippen LogP contribution is -3.14. The average Bonchev–Trinajstić information content (AvgIpc) is 2.93. The summed E-state index contributed by atoms with van der Waals surface area (Å²) in [6.07, 6.45) is 6.07. The number of rotatable bonds is 6. The highest BCUT2D eigenvalue weighted by Gasteiger charge is 2.54. The molecule has 164 valence electrons. The first-order chi connectivity index (χ1) is 13.7. The topological polar surface area (TPSA) is 80.2 Å². The van der Waals surface area contributed by atoms with E-state index in [9.17, 15) is 14.4 Å². The Labute approximate surface area is 174 Å². The fourth-order valence-corrected chi connectivity index (χ4v) is 5.24. The zero-order valence-electron chi connectivity index (χ0n) is 18.5. The Kier molecular flexibility index (Phi) is 6.56. The molecule has 2 aliphatic heterocycles. The van der Waals surface area contributed by atoms with Crippen LogP contribution in [0.25, 0.3) is 0 Å². The lowest BCUT2D eigenvalue weighted by atomic mass is 9.65. The van der Waals surface area contributed by atoms with Crippen molar-refractivity contribution in [1.82, 2.24) is 10.2 Å². The fraction of sp³-hybridized carbons (Fsp3) is 0.864. The van der Waals surface area contributed by atoms with Crippen molar-refractivity contribution in [1.29, 1.82) is 0 Å². The maximum absolute atomic E-state index is 13.2. The van der Waals surface area contributed by atoms with Crippen molar-refractivity contribution in [3.8, 4) is 0 Å². The van der Waals surface area contributed by atoms with Crippen LogP contribution >= 0.6 is 0 Å². The highest BCUT2D eigenvalue weighted by Crippen LogP contribution is 2.44. The number of ether oxygens (including phenoxy) is 1. The molecule has 7 nitrogen and oxygen atoms in total. The molecule has 0 aromatic rings. The van der Waals surface area contributed by atoms with E-state index in [1.807, 2.05) is 6.92 Å². The van der Waals surface area contributed by atoms with E-state index in [0.717, 1.165) is 58.0 Å². The summed E-state index contributed by atoms with van der Waals surface area (Å²) >= 11 is 0. The lowest BCUT2D eigenvalue weighted by molar-refractivity contribution is -0.913. The summed E-state index contributed by atoms with van der Waals surface area (Å²) < 4.78 is 5.12. The highest BCUT2D eigenvalue weighted by atomic mass is 16.5. The van der Waals surface area contributed by atoms with Crippen LogP contribution in [0.1, 0.15) is 72.6 Å². The van der Waals surface area contributed by atoms with Gasteiger partial charge in [0.05, 0.1) is 25.6 Å². The Bertz CT molecular complexity index is 632. The molecule has 1 spiro atoms. The third-order valence-electron chi connectivity index (χ3n) is 7.80. The first-order valence-corrected chi connectivity index (χ1v) is 11.4. The Morgan fingerprint density at radius 1 is 1.17 bits per heavy atom. The predicted molar refractivity (Wildman–Crippen MR) is 109 cm³/mol. The first-order valence-electron chi connectivity index (χ1n) is 11.4. The normalized spacial score (nSPS) is 33.1. The van der Waals surface area contributed by atoms with Gasteiger partial charge in [0.15, 0.2) is 6.67 Å². The smallest absolute Gasteiger partial charge is 0.329 e. The minimum absolute atomic E-state index is 0.0460. The van der Waals surface area contributed by atoms with Gasteiger partial charge in [-0.2, -0.15) is 0 Å². The minimum Gasteiger partial charge on any atom is -0.466 e. The van der Waals surface area contributed by atoms with Crippen LogP contribution < -0.4 is 10.2 Å². The zero-order valence-corrected chi connectivity index (χ0v) is 18.5. The van der Waals surface area contributed by atoms with Crippen molar-refractivity contribution in [3.05, 3.63) is 0 Å². The number of nitrogens with zero attached hydrogens (tertiary/aromatic N) is 1. The van der Waals surface area contributed by atoms with Gasteiger partial charge in [-0.05, 0) is 43.9 Å². The standard InChI is InChI=1S/C22H37N3O4/c1-5-21(3,4)17-7-11-22(12-8-17)19(27)25(20(28)23-22)15-24-13-9-16(10-14-24)18(26)29-6-2/h16-17H,5-15H2,1-4H3,(H,23,28)/p+1. The summed E-state index contributed by atoms with van der Waals surface area (Å²) in [4.78, 5) is 40.4. The van der Waals surface area contributed by atoms with Crippen LogP contribution in [0.4, 0.5) is 4.79 Å². The first kappa shape index (κ1) is 22.1. The molecule has 2 N–H and O–H groups in total. The van der Waals surface area contributed by atoms with Gasteiger partial charge >= 0.3 is 12.0 Å². The molecule has 0 bridgehead atoms. The number of quaternary nitrogens is 1. The van der Waals surface area contributed by atoms with Crippen molar-refractivity contribution >= 4 is 17.9 Å². The highest BCUT2D eigenvalue weighted by molar-refractivity contribution is 6.06. The molecule has 2 heterocycles. The molecule has 3 fully saturated rings. The molecular weight excluding hydrogens is 370 g/mol. The van der Waals surface area contributed by atoms with Crippen molar-refractivity contribution in [3.63, 3.8) is 0 Å². The maximum Gasteiger partial charge on any atom is 0.329 e. The van der Waals surface area contributed by atoms with Crippen LogP contribution in [0.15, 0.2) is 0 Å². The molecule has 0 radical (unpaired) electrons. The van der Waals surface area contributed by atoms with E-state index in [2.05, 4.69) is 26.1 Å². The van der Waals surface area contributed by atoms with E-state index in [1.54, 1.807) is 0 Å². The van der Waals surface area contributed by atoms with Gasteiger partial charge in [-0.3, -0.25) is 9.59 Å². The Morgan fingerprint density at radius 3 is 2.34 bits per heavy atom. The molecule has 3 rings (SSSR count). The fourth-order valence-electron chi connectivity index (χ4n) is 5.24. The quantitative estimate of drug-likeness (QED) is 0.518. The molecule has 3 amide bonds. The number of imide groups is 1. The van der Waals surface area contributed by atoms with E-state index in [4.69, 9.17) is 4.74 Å². The summed E-state index contributed by atoms with van der Waals surface area (Å²) in [6, 6.07) is -0.247. The summed E-state index contributed by atoms with van der Waals surface area (Å²) in [5, 5.41) is 3.04. The van der Waals surface area contributed by atoms with Crippen LogP contribution in [0.5, 0.6) is 0 Å². The van der Waals surface area contributed by atoms with Gasteiger partial charge in [0, 0.05) is 12.8 Å². The molecule has 1 saturated carbocycles. The number of amides is 3. The minimum atomic E-state index is -0.694. The van der Waals surface area contributed by atoms with E-state index >= 15 is 0 Å². The summed E-state index contributed by atoms with van der Waals surface area (Å²) in [7, 11) is 0. The molecule has 0 aromatic carbocycles. The van der Waals surface area contributed by atoms with Crippen molar-refractivity contribution in [2.45, 2.75) is 78.2 Å². The van der Waals surface area contributed by atoms with E-state index in [-0.39, 0.29) is 29.2 Å². The average molecular weight is 409 g/mol. The monoisotopic (exact) mass is 408 g/mol. The van der Waals surface area contributed by atoms with Crippen molar-refractivity contribution < 1.29 is 24.0 Å². The van der Waals surface area contributed by atoms with Crippen molar-refractivity contribution in [2.75, 3.05) is 26.4 Å². The largest absolute Gasteiger partial charge is 0.466 e. The third kappa shape index (κ3) is 4.44. The number of carbonyl (C=O) groups is 3. The molecule has 0 atom stereocenters. The SMILES string of the molecule is CCOC(=O)C1CC[NH+](CN2C(=O)NC3(CCC(C(C)(C)CC)CC3)C2=O)CC1. The van der Waals surface area contributed by atoms with E-state index < -0.39 is 5.54 Å². The summed E-state index contributed by atoms with van der Waals surface area (Å²) in [5.74, 6) is 0.386. The number of likely N-dealkylation sites (tertiary alicyclic amines) is 1. The van der Waals surface area contributed by atoms with Crippen LogP contribution in [0.3, 0.4) is 0 Å². The van der Waals surface area contributed by atoms with Gasteiger partial charge in [0.1, 0.15) is 5.54 Å². The number of esters is 1. The number of piperidine rings is 1. The molecule has 1 aliphatic carbocycles. The molecule has 2 saturated heterocycles. The second kappa shape index (κ2) is 8.62. The van der Waals surface area contributed by atoms with Crippen molar-refractivity contribution in [2.24, 2.45) is 17.3 Å². The maximum atomic E-state index is 13.2. The second-order valence-electron chi connectivity index (χ2n) is 9.80. The van der Waals surface area contributed by atoms with Crippen LogP contribution in [-0.2, 0) is 14.3 Å².